The number of methoxy groups -OCH3 is 1. The van der Waals surface area contributed by atoms with E-state index in [1.807, 2.05) is 65.6 Å². The molecule has 2 aliphatic heterocycles. The summed E-state index contributed by atoms with van der Waals surface area (Å²) in [7, 11) is 6.18. The maximum atomic E-state index is 12.0. The van der Waals surface area contributed by atoms with Crippen LogP contribution in [0.5, 0.6) is 5.75 Å². The lowest BCUT2D eigenvalue weighted by Gasteiger charge is -2.29. The molecule has 1 aromatic rings. The predicted octanol–water partition coefficient (Wildman–Crippen LogP) is 5.90. The summed E-state index contributed by atoms with van der Waals surface area (Å²) in [5.41, 5.74) is 2.34. The van der Waals surface area contributed by atoms with Gasteiger partial charge in [0, 0.05) is 23.4 Å². The van der Waals surface area contributed by atoms with Gasteiger partial charge in [0.05, 0.1) is 7.11 Å². The molecule has 0 spiro atoms. The molecule has 1 unspecified atom stereocenters. The Morgan fingerprint density at radius 3 is 2.32 bits per heavy atom. The minimum absolute atomic E-state index is 0.0933. The van der Waals surface area contributed by atoms with Crippen molar-refractivity contribution in [3.05, 3.63) is 65.4 Å². The molecule has 44 heavy (non-hydrogen) atoms. The number of rotatable bonds is 9. The zero-order valence-corrected chi connectivity index (χ0v) is 29.5. The fourth-order valence-electron chi connectivity index (χ4n) is 4.49. The first-order chi connectivity index (χ1) is 21.1. The number of hydrogen-bond donors (Lipinski definition) is 3. The minimum Gasteiger partial charge on any atom is -0.497 e. The summed E-state index contributed by atoms with van der Waals surface area (Å²) in [6, 6.07) is 5.11. The molecular formula is C35H55N4O4P. The Morgan fingerprint density at radius 1 is 1.23 bits per heavy atom. The van der Waals surface area contributed by atoms with Crippen LogP contribution in [0.2, 0.25) is 0 Å². The van der Waals surface area contributed by atoms with Gasteiger partial charge >= 0.3 is 6.03 Å². The lowest BCUT2D eigenvalue weighted by Crippen LogP contribution is -2.44. The standard InChI is InChI=1S/C21H30N4O2.C11H14O2.C2H6.CH5P/c1-5-16(8-11-21(7-3)19(26)23-20(27)24-21)14-18(6-2)22-15-17-9-12-25(4)13-10-17;1-4-9-5-6-10(13-3)7-11(9)8(2)12;2*1-2/h5-6,14,17,22H,1,7,9-10,12-13,15H2,2-4H3,(H2,23,24,26,27);5-7H,4H2,1-3H3;1-2H3;2H2,1H3/b16-14+,18-6+;;;/t21-;;;/m0.../s1. The fraction of sp³-hybridized carbons (Fsp3) is 0.514. The molecule has 3 amide bonds. The zero-order chi connectivity index (χ0) is 33.7. The average molecular weight is 627 g/mol. The van der Waals surface area contributed by atoms with E-state index >= 15 is 0 Å². The van der Waals surface area contributed by atoms with Gasteiger partial charge < -0.3 is 20.3 Å². The Bertz CT molecular complexity index is 1210. The van der Waals surface area contributed by atoms with E-state index in [-0.39, 0.29) is 5.78 Å². The molecule has 0 bridgehead atoms. The second-order valence-corrected chi connectivity index (χ2v) is 10.0. The first-order valence-corrected chi connectivity index (χ1v) is 16.6. The number of allylic oxidation sites excluding steroid dienone is 4. The van der Waals surface area contributed by atoms with E-state index in [1.54, 1.807) is 26.2 Å². The molecule has 1 aromatic carbocycles. The Balaban J connectivity index is 0.000000909. The summed E-state index contributed by atoms with van der Waals surface area (Å²) in [5, 5.41) is 8.35. The van der Waals surface area contributed by atoms with Crippen molar-refractivity contribution >= 4 is 27.0 Å². The summed E-state index contributed by atoms with van der Waals surface area (Å²) in [4.78, 5) is 37.1. The number of carbonyl (C=O) groups excluding carboxylic acids is 3. The van der Waals surface area contributed by atoms with Crippen molar-refractivity contribution in [2.45, 2.75) is 72.8 Å². The van der Waals surface area contributed by atoms with Crippen molar-refractivity contribution in [2.75, 3.05) is 40.5 Å². The summed E-state index contributed by atoms with van der Waals surface area (Å²) in [5.74, 6) is 7.01. The van der Waals surface area contributed by atoms with E-state index in [0.29, 0.717) is 17.9 Å². The number of benzene rings is 1. The van der Waals surface area contributed by atoms with Crippen LogP contribution in [0, 0.1) is 17.8 Å². The summed E-state index contributed by atoms with van der Waals surface area (Å²) in [6.07, 6.45) is 9.25. The van der Waals surface area contributed by atoms with Crippen LogP contribution >= 0.6 is 9.24 Å². The Morgan fingerprint density at radius 2 is 1.86 bits per heavy atom. The number of nitrogens with zero attached hydrogens (tertiary/aromatic N) is 1. The van der Waals surface area contributed by atoms with Gasteiger partial charge in [0.15, 0.2) is 11.3 Å². The SMILES string of the molecule is C=C/C(C#C[C@]1(CC)NC(=O)NC1=O)=C\C(=C/C)NCC1CCN(C)CC1.CC.CCc1ccc(OC)cc1C(C)=O.CP. The molecule has 2 aliphatic rings. The maximum Gasteiger partial charge on any atom is 0.323 e. The van der Waals surface area contributed by atoms with Gasteiger partial charge in [-0.1, -0.05) is 71.0 Å². The average Bonchev–Trinajstić information content (AvgIpc) is 3.35. The number of urea groups is 1. The number of imide groups is 1. The smallest absolute Gasteiger partial charge is 0.323 e. The molecule has 2 atom stereocenters. The van der Waals surface area contributed by atoms with Crippen molar-refractivity contribution in [2.24, 2.45) is 5.92 Å². The Labute approximate surface area is 268 Å². The van der Waals surface area contributed by atoms with Gasteiger partial charge in [0.25, 0.3) is 5.91 Å². The van der Waals surface area contributed by atoms with Crippen LogP contribution in [0.3, 0.4) is 0 Å². The highest BCUT2D eigenvalue weighted by molar-refractivity contribution is 7.15. The van der Waals surface area contributed by atoms with Gasteiger partial charge in [-0.3, -0.25) is 14.9 Å². The quantitative estimate of drug-likeness (QED) is 0.104. The van der Waals surface area contributed by atoms with Crippen molar-refractivity contribution in [1.29, 1.82) is 0 Å². The van der Waals surface area contributed by atoms with Crippen LogP contribution in [0.4, 0.5) is 4.79 Å². The first kappa shape index (κ1) is 40.6. The molecule has 0 radical (unpaired) electrons. The number of carbonyl (C=O) groups is 3. The third-order valence-electron chi connectivity index (χ3n) is 7.24. The third-order valence-corrected chi connectivity index (χ3v) is 7.24. The van der Waals surface area contributed by atoms with E-state index in [1.165, 1.54) is 12.8 Å². The molecule has 3 N–H and O–H groups in total. The molecule has 9 heteroatoms. The fourth-order valence-corrected chi connectivity index (χ4v) is 4.49. The number of Topliss-reactive ketones (excluding diaryl/α,β-unsaturated/α-hetero) is 1. The van der Waals surface area contributed by atoms with Crippen molar-refractivity contribution < 1.29 is 19.1 Å². The molecule has 0 aromatic heterocycles. The number of hydrogen-bond acceptors (Lipinski definition) is 6. The van der Waals surface area contributed by atoms with Crippen LogP contribution in [0.15, 0.2) is 54.3 Å². The van der Waals surface area contributed by atoms with Gasteiger partial charge in [-0.05, 0) is 89.4 Å². The van der Waals surface area contributed by atoms with Crippen LogP contribution in [0.1, 0.15) is 76.7 Å². The largest absolute Gasteiger partial charge is 0.497 e. The monoisotopic (exact) mass is 626 g/mol. The molecule has 0 saturated carbocycles. The second-order valence-electron chi connectivity index (χ2n) is 10.0. The number of likely N-dealkylation sites (tertiary alicyclic amines) is 1. The molecule has 244 valence electrons. The van der Waals surface area contributed by atoms with Gasteiger partial charge in [0.2, 0.25) is 0 Å². The van der Waals surface area contributed by atoms with Crippen LogP contribution in [-0.2, 0) is 11.2 Å². The van der Waals surface area contributed by atoms with Gasteiger partial charge in [-0.2, -0.15) is 0 Å². The Kier molecular flexibility index (Phi) is 20.4. The van der Waals surface area contributed by atoms with Crippen molar-refractivity contribution in [3.8, 4) is 17.6 Å². The van der Waals surface area contributed by atoms with Crippen LogP contribution < -0.4 is 20.7 Å². The molecule has 8 nitrogen and oxygen atoms in total. The van der Waals surface area contributed by atoms with Gasteiger partial charge in [-0.25, -0.2) is 4.79 Å². The zero-order valence-electron chi connectivity index (χ0n) is 28.4. The minimum atomic E-state index is -1.17. The maximum absolute atomic E-state index is 12.0. The summed E-state index contributed by atoms with van der Waals surface area (Å²) >= 11 is 0. The molecule has 2 fully saturated rings. The number of ketones is 1. The highest BCUT2D eigenvalue weighted by atomic mass is 31.0. The lowest BCUT2D eigenvalue weighted by atomic mass is 9.96. The summed E-state index contributed by atoms with van der Waals surface area (Å²) < 4.78 is 5.05. The third kappa shape index (κ3) is 13.1. The number of piperidine rings is 1. The van der Waals surface area contributed by atoms with Crippen LogP contribution in [-0.4, -0.2) is 68.6 Å². The van der Waals surface area contributed by atoms with Crippen molar-refractivity contribution in [1.82, 2.24) is 20.9 Å². The predicted molar refractivity (Wildman–Crippen MR) is 187 cm³/mol. The van der Waals surface area contributed by atoms with E-state index in [2.05, 4.69) is 55.6 Å². The Hall–Kier alpha value is -3.40. The van der Waals surface area contributed by atoms with E-state index in [0.717, 1.165) is 48.6 Å². The van der Waals surface area contributed by atoms with Gasteiger partial charge in [-0.15, -0.1) is 9.24 Å². The number of amides is 3. The molecular weight excluding hydrogens is 571 g/mol. The van der Waals surface area contributed by atoms with E-state index in [4.69, 9.17) is 4.74 Å². The van der Waals surface area contributed by atoms with Gasteiger partial charge in [0.1, 0.15) is 5.75 Å². The van der Waals surface area contributed by atoms with E-state index in [9.17, 15) is 14.4 Å². The second kappa shape index (κ2) is 22.2. The number of ether oxygens (including phenoxy) is 1. The normalized spacial score (nSPS) is 18.3. The van der Waals surface area contributed by atoms with E-state index < -0.39 is 17.5 Å². The molecule has 3 rings (SSSR count). The number of aryl methyl sites for hydroxylation is 1. The lowest BCUT2D eigenvalue weighted by molar-refractivity contribution is -0.122. The molecule has 2 heterocycles. The van der Waals surface area contributed by atoms with Crippen molar-refractivity contribution in [3.63, 3.8) is 0 Å². The highest BCUT2D eigenvalue weighted by Crippen LogP contribution is 2.19. The molecule has 2 saturated heterocycles. The summed E-state index contributed by atoms with van der Waals surface area (Å²) in [6.45, 7) is 20.3. The molecule has 0 aliphatic carbocycles. The first-order valence-electron chi connectivity index (χ1n) is 15.5. The topological polar surface area (TPSA) is 99.8 Å². The van der Waals surface area contributed by atoms with Crippen LogP contribution in [0.25, 0.3) is 0 Å². The number of nitrogens with one attached hydrogen (secondary N) is 3. The highest BCUT2D eigenvalue weighted by Gasteiger charge is 2.43.